The average molecular weight is 358 g/mol. The van der Waals surface area contributed by atoms with Crippen molar-refractivity contribution in [2.24, 2.45) is 4.99 Å². The van der Waals surface area contributed by atoms with Crippen LogP contribution in [-0.2, 0) is 17.8 Å². The summed E-state index contributed by atoms with van der Waals surface area (Å²) in [6, 6.07) is 22.2. The lowest BCUT2D eigenvalue weighted by Crippen LogP contribution is -2.16. The highest BCUT2D eigenvalue weighted by molar-refractivity contribution is 7.17. The van der Waals surface area contributed by atoms with Crippen LogP contribution in [0.3, 0.4) is 0 Å². The summed E-state index contributed by atoms with van der Waals surface area (Å²) in [7, 11) is 0. The monoisotopic (exact) mass is 358 g/mol. The molecule has 128 valence electrons. The number of hydrogen-bond acceptors (Lipinski definition) is 2. The van der Waals surface area contributed by atoms with E-state index in [0.29, 0.717) is 13.0 Å². The number of carbonyl (C=O) groups excluding carboxylic acids is 1. The number of rotatable bonds is 4. The Balaban J connectivity index is 1.85. The first-order chi connectivity index (χ1) is 12.8. The van der Waals surface area contributed by atoms with E-state index >= 15 is 0 Å². The minimum atomic E-state index is -0.134. The molecule has 3 nitrogen and oxygen atoms in total. The Morgan fingerprint density at radius 2 is 1.81 bits per heavy atom. The molecule has 0 aliphatic heterocycles. The van der Waals surface area contributed by atoms with Gasteiger partial charge in [0.25, 0.3) is 5.91 Å². The molecule has 0 radical (unpaired) electrons. The molecule has 26 heavy (non-hydrogen) atoms. The zero-order valence-electron chi connectivity index (χ0n) is 14.3. The summed E-state index contributed by atoms with van der Waals surface area (Å²) in [5.41, 5.74) is 2.06. The van der Waals surface area contributed by atoms with Gasteiger partial charge in [-0.3, -0.25) is 4.79 Å². The minimum Gasteiger partial charge on any atom is -0.312 e. The van der Waals surface area contributed by atoms with Crippen LogP contribution in [-0.4, -0.2) is 10.5 Å². The van der Waals surface area contributed by atoms with E-state index in [0.717, 1.165) is 20.6 Å². The van der Waals surface area contributed by atoms with E-state index in [1.165, 1.54) is 10.8 Å². The lowest BCUT2D eigenvalue weighted by atomic mass is 10.1. The van der Waals surface area contributed by atoms with Gasteiger partial charge in [-0.15, -0.1) is 6.58 Å². The Morgan fingerprint density at radius 1 is 1.04 bits per heavy atom. The zero-order chi connectivity index (χ0) is 17.9. The molecule has 0 unspecified atom stereocenters. The highest BCUT2D eigenvalue weighted by Crippen LogP contribution is 2.27. The summed E-state index contributed by atoms with van der Waals surface area (Å²) >= 11 is 1.56. The van der Waals surface area contributed by atoms with Crippen molar-refractivity contribution in [1.29, 1.82) is 0 Å². The quantitative estimate of drug-likeness (QED) is 0.486. The van der Waals surface area contributed by atoms with Crippen LogP contribution in [0, 0.1) is 0 Å². The van der Waals surface area contributed by atoms with Gasteiger partial charge in [-0.25, -0.2) is 0 Å². The third-order valence-corrected chi connectivity index (χ3v) is 5.43. The number of fused-ring (bicyclic) bond motifs is 3. The van der Waals surface area contributed by atoms with E-state index in [1.54, 1.807) is 11.3 Å². The van der Waals surface area contributed by atoms with E-state index in [4.69, 9.17) is 0 Å². The molecule has 0 spiro atoms. The van der Waals surface area contributed by atoms with Crippen molar-refractivity contribution in [2.45, 2.75) is 13.0 Å². The summed E-state index contributed by atoms with van der Waals surface area (Å²) < 4.78 is 3.21. The smallest absolute Gasteiger partial charge is 0.252 e. The van der Waals surface area contributed by atoms with Gasteiger partial charge >= 0.3 is 0 Å². The Bertz CT molecular complexity index is 1170. The maximum Gasteiger partial charge on any atom is 0.252 e. The summed E-state index contributed by atoms with van der Waals surface area (Å²) in [6.07, 6.45) is 2.14. The molecule has 1 heterocycles. The van der Waals surface area contributed by atoms with Crippen LogP contribution in [0.1, 0.15) is 5.56 Å². The average Bonchev–Trinajstić information content (AvgIpc) is 3.00. The molecule has 0 atom stereocenters. The van der Waals surface area contributed by atoms with E-state index in [2.05, 4.69) is 40.4 Å². The molecule has 4 heteroatoms. The van der Waals surface area contributed by atoms with Gasteiger partial charge in [0.05, 0.1) is 16.6 Å². The van der Waals surface area contributed by atoms with Crippen LogP contribution < -0.4 is 4.80 Å². The van der Waals surface area contributed by atoms with Crippen LogP contribution in [0.2, 0.25) is 0 Å². The Hall–Kier alpha value is -2.98. The van der Waals surface area contributed by atoms with Gasteiger partial charge in [-0.05, 0) is 17.0 Å². The maximum atomic E-state index is 12.5. The largest absolute Gasteiger partial charge is 0.312 e. The first-order valence-corrected chi connectivity index (χ1v) is 9.31. The highest BCUT2D eigenvalue weighted by atomic mass is 32.1. The fraction of sp³-hybridized carbons (Fsp3) is 0.0909. The second-order valence-electron chi connectivity index (χ2n) is 6.09. The molecule has 0 bridgehead atoms. The van der Waals surface area contributed by atoms with Crippen LogP contribution in [0.4, 0.5) is 0 Å². The molecule has 4 rings (SSSR count). The van der Waals surface area contributed by atoms with Gasteiger partial charge in [0, 0.05) is 11.9 Å². The predicted molar refractivity (Wildman–Crippen MR) is 108 cm³/mol. The molecule has 0 aliphatic carbocycles. The van der Waals surface area contributed by atoms with E-state index in [9.17, 15) is 4.79 Å². The van der Waals surface area contributed by atoms with Crippen molar-refractivity contribution in [2.75, 3.05) is 0 Å². The van der Waals surface area contributed by atoms with Crippen molar-refractivity contribution in [1.82, 2.24) is 4.57 Å². The first-order valence-electron chi connectivity index (χ1n) is 8.50. The molecule has 0 N–H and O–H groups in total. The van der Waals surface area contributed by atoms with Gasteiger partial charge < -0.3 is 4.57 Å². The number of carbonyl (C=O) groups is 1. The Kier molecular flexibility index (Phi) is 4.50. The van der Waals surface area contributed by atoms with Gasteiger partial charge in [0.15, 0.2) is 4.80 Å². The minimum absolute atomic E-state index is 0.134. The van der Waals surface area contributed by atoms with Gasteiger partial charge in [-0.2, -0.15) is 4.99 Å². The second-order valence-corrected chi connectivity index (χ2v) is 7.06. The van der Waals surface area contributed by atoms with Crippen LogP contribution in [0.5, 0.6) is 0 Å². The van der Waals surface area contributed by atoms with E-state index < -0.39 is 0 Å². The zero-order valence-corrected chi connectivity index (χ0v) is 15.1. The van der Waals surface area contributed by atoms with Gasteiger partial charge in [0.2, 0.25) is 0 Å². The lowest BCUT2D eigenvalue weighted by molar-refractivity contribution is -0.117. The number of hydrogen-bond donors (Lipinski definition) is 0. The van der Waals surface area contributed by atoms with E-state index in [1.807, 2.05) is 48.5 Å². The van der Waals surface area contributed by atoms with E-state index in [-0.39, 0.29) is 5.91 Å². The summed E-state index contributed by atoms with van der Waals surface area (Å²) in [5.74, 6) is -0.134. The third-order valence-electron chi connectivity index (χ3n) is 4.30. The number of aromatic nitrogens is 1. The molecule has 0 fully saturated rings. The molecule has 0 saturated heterocycles. The van der Waals surface area contributed by atoms with Crippen LogP contribution in [0.15, 0.2) is 84.4 Å². The van der Waals surface area contributed by atoms with Crippen molar-refractivity contribution in [3.63, 3.8) is 0 Å². The van der Waals surface area contributed by atoms with Gasteiger partial charge in [0.1, 0.15) is 0 Å². The SMILES string of the molecule is C=CCn1c(=NC(=O)Cc2ccccc2)sc2c3ccccc3ccc21. The predicted octanol–water partition coefficient (Wildman–Crippen LogP) is 4.71. The molecule has 1 amide bonds. The van der Waals surface area contributed by atoms with Crippen molar-refractivity contribution in [3.8, 4) is 0 Å². The standard InChI is InChI=1S/C22H18N2OS/c1-2-14-24-19-13-12-17-10-6-7-11-18(17)21(19)26-22(24)23-20(25)15-16-8-4-3-5-9-16/h2-13H,1,14-15H2. The number of amides is 1. The fourth-order valence-corrected chi connectivity index (χ4v) is 4.30. The number of benzene rings is 3. The van der Waals surface area contributed by atoms with Crippen molar-refractivity contribution < 1.29 is 4.79 Å². The molecule has 1 aromatic heterocycles. The van der Waals surface area contributed by atoms with Crippen molar-refractivity contribution >= 4 is 38.2 Å². The third kappa shape index (κ3) is 3.11. The maximum absolute atomic E-state index is 12.5. The molecule has 0 aliphatic rings. The normalized spacial score (nSPS) is 11.9. The number of allylic oxidation sites excluding steroid dienone is 1. The molecule has 0 saturated carbocycles. The lowest BCUT2D eigenvalue weighted by Gasteiger charge is -2.03. The number of nitrogens with zero attached hydrogens (tertiary/aromatic N) is 2. The molecular weight excluding hydrogens is 340 g/mol. The van der Waals surface area contributed by atoms with Crippen molar-refractivity contribution in [3.05, 3.63) is 89.7 Å². The van der Waals surface area contributed by atoms with Crippen LogP contribution >= 0.6 is 11.3 Å². The van der Waals surface area contributed by atoms with Crippen LogP contribution in [0.25, 0.3) is 21.0 Å². The summed E-state index contributed by atoms with van der Waals surface area (Å²) in [6.45, 7) is 4.47. The molecule has 4 aromatic rings. The Labute approximate surface area is 155 Å². The fourth-order valence-electron chi connectivity index (χ4n) is 3.11. The first kappa shape index (κ1) is 16.5. The summed E-state index contributed by atoms with van der Waals surface area (Å²) in [5, 5.41) is 2.37. The molecule has 3 aromatic carbocycles. The highest BCUT2D eigenvalue weighted by Gasteiger charge is 2.10. The molecular formula is C22H18N2OS. The topological polar surface area (TPSA) is 34.4 Å². The Morgan fingerprint density at radius 3 is 2.62 bits per heavy atom. The second kappa shape index (κ2) is 7.10. The van der Waals surface area contributed by atoms with Gasteiger partial charge in [-0.1, -0.05) is 78.1 Å². The number of thiazole rings is 1. The summed E-state index contributed by atoms with van der Waals surface area (Å²) in [4.78, 5) is 17.6.